The van der Waals surface area contributed by atoms with Gasteiger partial charge in [-0.1, -0.05) is 39.0 Å². The van der Waals surface area contributed by atoms with Gasteiger partial charge in [0.2, 0.25) is 5.88 Å². The summed E-state index contributed by atoms with van der Waals surface area (Å²) < 4.78 is 5.08. The molecule has 1 N–H and O–H groups in total. The van der Waals surface area contributed by atoms with Gasteiger partial charge in [-0.05, 0) is 6.42 Å². The Morgan fingerprint density at radius 2 is 1.88 bits per heavy atom. The van der Waals surface area contributed by atoms with Gasteiger partial charge in [-0.15, -0.1) is 0 Å². The van der Waals surface area contributed by atoms with Crippen molar-refractivity contribution in [2.24, 2.45) is 0 Å². The van der Waals surface area contributed by atoms with E-state index >= 15 is 0 Å². The smallest absolute Gasteiger partial charge is 0.238 e. The quantitative estimate of drug-likeness (QED) is 0.707. The molecule has 1 heterocycles. The molecular weight excluding hydrogens is 216 g/mol. The zero-order chi connectivity index (χ0) is 12.5. The van der Waals surface area contributed by atoms with E-state index in [0.717, 1.165) is 19.3 Å². The Bertz CT molecular complexity index is 318. The van der Waals surface area contributed by atoms with Gasteiger partial charge < -0.3 is 9.84 Å². The molecule has 1 aromatic heterocycles. The number of methoxy groups -OCH3 is 1. The number of aliphatic hydroxyl groups excluding tert-OH is 1. The number of aromatic nitrogens is 2. The maximum absolute atomic E-state index is 10.0. The van der Waals surface area contributed by atoms with Crippen molar-refractivity contribution in [3.63, 3.8) is 0 Å². The van der Waals surface area contributed by atoms with Crippen LogP contribution in [0.2, 0.25) is 0 Å². The molecule has 0 fully saturated rings. The molecule has 1 rings (SSSR count). The molecular formula is C13H22N2O2. The molecule has 0 radical (unpaired) electrons. The first-order chi connectivity index (χ1) is 8.29. The Kier molecular flexibility index (Phi) is 6.55. The second-order valence-electron chi connectivity index (χ2n) is 4.17. The summed E-state index contributed by atoms with van der Waals surface area (Å²) in [6, 6.07) is 0. The monoisotopic (exact) mass is 238 g/mol. The number of hydrogen-bond donors (Lipinski definition) is 1. The van der Waals surface area contributed by atoms with Crippen molar-refractivity contribution >= 4 is 0 Å². The zero-order valence-corrected chi connectivity index (χ0v) is 10.7. The first kappa shape index (κ1) is 13.9. The van der Waals surface area contributed by atoms with Crippen LogP contribution in [-0.2, 0) is 0 Å². The second-order valence-corrected chi connectivity index (χ2v) is 4.17. The SMILES string of the molecule is CCCCCCCC(O)c1nccnc1OC. The molecule has 0 saturated heterocycles. The molecule has 96 valence electrons. The largest absolute Gasteiger partial charge is 0.480 e. The lowest BCUT2D eigenvalue weighted by Crippen LogP contribution is -2.04. The van der Waals surface area contributed by atoms with Crippen LogP contribution in [0.4, 0.5) is 0 Å². The fourth-order valence-electron chi connectivity index (χ4n) is 1.80. The fraction of sp³-hybridized carbons (Fsp3) is 0.692. The highest BCUT2D eigenvalue weighted by Gasteiger charge is 2.14. The number of aliphatic hydroxyl groups is 1. The van der Waals surface area contributed by atoms with Crippen LogP contribution >= 0.6 is 0 Å². The molecule has 4 nitrogen and oxygen atoms in total. The second kappa shape index (κ2) is 8.01. The number of nitrogens with zero attached hydrogens (tertiary/aromatic N) is 2. The minimum Gasteiger partial charge on any atom is -0.480 e. The van der Waals surface area contributed by atoms with Crippen molar-refractivity contribution in [2.75, 3.05) is 7.11 Å². The van der Waals surface area contributed by atoms with E-state index in [-0.39, 0.29) is 0 Å². The third-order valence-corrected chi connectivity index (χ3v) is 2.78. The highest BCUT2D eigenvalue weighted by atomic mass is 16.5. The molecule has 1 aromatic rings. The summed E-state index contributed by atoms with van der Waals surface area (Å²) >= 11 is 0. The van der Waals surface area contributed by atoms with Crippen molar-refractivity contribution in [1.82, 2.24) is 9.97 Å². The molecule has 0 aliphatic heterocycles. The minimum absolute atomic E-state index is 0.425. The first-order valence-corrected chi connectivity index (χ1v) is 6.32. The molecule has 4 heteroatoms. The van der Waals surface area contributed by atoms with E-state index in [1.807, 2.05) is 0 Å². The summed E-state index contributed by atoms with van der Waals surface area (Å²) in [5.74, 6) is 0.425. The highest BCUT2D eigenvalue weighted by Crippen LogP contribution is 2.24. The van der Waals surface area contributed by atoms with E-state index in [2.05, 4.69) is 16.9 Å². The van der Waals surface area contributed by atoms with Gasteiger partial charge >= 0.3 is 0 Å². The van der Waals surface area contributed by atoms with Gasteiger partial charge in [0.15, 0.2) is 0 Å². The van der Waals surface area contributed by atoms with Crippen LogP contribution in [0.3, 0.4) is 0 Å². The molecule has 0 amide bonds. The normalized spacial score (nSPS) is 12.4. The summed E-state index contributed by atoms with van der Waals surface area (Å²) in [7, 11) is 1.54. The van der Waals surface area contributed by atoms with Crippen LogP contribution in [0.25, 0.3) is 0 Å². The van der Waals surface area contributed by atoms with Crippen LogP contribution in [0.15, 0.2) is 12.4 Å². The Morgan fingerprint density at radius 3 is 2.59 bits per heavy atom. The molecule has 0 bridgehead atoms. The summed E-state index contributed by atoms with van der Waals surface area (Å²) in [6.45, 7) is 2.19. The average Bonchev–Trinajstić information content (AvgIpc) is 2.38. The third kappa shape index (κ3) is 4.69. The maximum atomic E-state index is 10.0. The standard InChI is InChI=1S/C13H22N2O2/c1-3-4-5-6-7-8-11(16)12-13(17-2)15-10-9-14-12/h9-11,16H,3-8H2,1-2H3. The minimum atomic E-state index is -0.569. The van der Waals surface area contributed by atoms with E-state index in [9.17, 15) is 5.11 Å². The number of hydrogen-bond acceptors (Lipinski definition) is 4. The van der Waals surface area contributed by atoms with E-state index in [1.165, 1.54) is 19.3 Å². The third-order valence-electron chi connectivity index (χ3n) is 2.78. The summed E-state index contributed by atoms with van der Waals surface area (Å²) in [5.41, 5.74) is 0.547. The predicted octanol–water partition coefficient (Wildman–Crippen LogP) is 2.88. The van der Waals surface area contributed by atoms with Crippen LogP contribution < -0.4 is 4.74 Å². The first-order valence-electron chi connectivity index (χ1n) is 6.32. The van der Waals surface area contributed by atoms with Gasteiger partial charge in [0.1, 0.15) is 11.8 Å². The van der Waals surface area contributed by atoms with E-state index in [4.69, 9.17) is 4.74 Å². The fourth-order valence-corrected chi connectivity index (χ4v) is 1.80. The van der Waals surface area contributed by atoms with Crippen LogP contribution in [0, 0.1) is 0 Å². The number of rotatable bonds is 8. The lowest BCUT2D eigenvalue weighted by molar-refractivity contribution is 0.153. The van der Waals surface area contributed by atoms with Crippen LogP contribution in [0.1, 0.15) is 57.2 Å². The lowest BCUT2D eigenvalue weighted by atomic mass is 10.1. The van der Waals surface area contributed by atoms with Crippen molar-refractivity contribution < 1.29 is 9.84 Å². The van der Waals surface area contributed by atoms with E-state index < -0.39 is 6.10 Å². The molecule has 0 spiro atoms. The van der Waals surface area contributed by atoms with E-state index in [1.54, 1.807) is 19.5 Å². The van der Waals surface area contributed by atoms with E-state index in [0.29, 0.717) is 11.6 Å². The topological polar surface area (TPSA) is 55.2 Å². The van der Waals surface area contributed by atoms with Crippen molar-refractivity contribution in [3.05, 3.63) is 18.1 Å². The Hall–Kier alpha value is -1.16. The Morgan fingerprint density at radius 1 is 1.18 bits per heavy atom. The van der Waals surface area contributed by atoms with Crippen LogP contribution in [0.5, 0.6) is 5.88 Å². The molecule has 1 atom stereocenters. The van der Waals surface area contributed by atoms with Crippen molar-refractivity contribution in [3.8, 4) is 5.88 Å². The Labute approximate surface area is 103 Å². The summed E-state index contributed by atoms with van der Waals surface area (Å²) in [4.78, 5) is 8.16. The van der Waals surface area contributed by atoms with Gasteiger partial charge in [-0.25, -0.2) is 4.98 Å². The predicted molar refractivity (Wildman–Crippen MR) is 66.9 cm³/mol. The molecule has 1 unspecified atom stereocenters. The summed E-state index contributed by atoms with van der Waals surface area (Å²) in [5, 5.41) is 10.0. The molecule has 0 aromatic carbocycles. The molecule has 17 heavy (non-hydrogen) atoms. The van der Waals surface area contributed by atoms with Crippen molar-refractivity contribution in [2.45, 2.75) is 51.6 Å². The Balaban J connectivity index is 2.38. The number of ether oxygens (including phenoxy) is 1. The summed E-state index contributed by atoms with van der Waals surface area (Å²) in [6.07, 6.45) is 9.22. The molecule has 0 aliphatic rings. The molecule has 0 saturated carbocycles. The zero-order valence-electron chi connectivity index (χ0n) is 10.7. The van der Waals surface area contributed by atoms with Gasteiger partial charge in [0.05, 0.1) is 7.11 Å². The van der Waals surface area contributed by atoms with Gasteiger partial charge in [0, 0.05) is 12.4 Å². The van der Waals surface area contributed by atoms with Crippen LogP contribution in [-0.4, -0.2) is 22.2 Å². The average molecular weight is 238 g/mol. The highest BCUT2D eigenvalue weighted by molar-refractivity contribution is 5.19. The van der Waals surface area contributed by atoms with Gasteiger partial charge in [-0.2, -0.15) is 0 Å². The van der Waals surface area contributed by atoms with Crippen molar-refractivity contribution in [1.29, 1.82) is 0 Å². The maximum Gasteiger partial charge on any atom is 0.238 e. The van der Waals surface area contributed by atoms with Gasteiger partial charge in [-0.3, -0.25) is 4.98 Å². The molecule has 0 aliphatic carbocycles. The van der Waals surface area contributed by atoms with Gasteiger partial charge in [0.25, 0.3) is 0 Å². The number of unbranched alkanes of at least 4 members (excludes halogenated alkanes) is 4. The lowest BCUT2D eigenvalue weighted by Gasteiger charge is -2.12.